The fraction of sp³-hybridized carbons (Fsp3) is 0.519. The number of anilines is 1. The summed E-state index contributed by atoms with van der Waals surface area (Å²) in [6, 6.07) is 10.9. The van der Waals surface area contributed by atoms with E-state index in [9.17, 15) is 9.59 Å². The van der Waals surface area contributed by atoms with Crippen molar-refractivity contribution in [1.82, 2.24) is 15.2 Å². The predicted molar refractivity (Wildman–Crippen MR) is 132 cm³/mol. The van der Waals surface area contributed by atoms with Crippen molar-refractivity contribution in [3.05, 3.63) is 53.7 Å². The van der Waals surface area contributed by atoms with Crippen molar-refractivity contribution in [1.29, 1.82) is 0 Å². The molecule has 8 nitrogen and oxygen atoms in total. The lowest BCUT2D eigenvalue weighted by Crippen LogP contribution is -2.49. The maximum atomic E-state index is 13.7. The number of ether oxygens (including phenoxy) is 2. The first-order valence-corrected chi connectivity index (χ1v) is 12.7. The van der Waals surface area contributed by atoms with Gasteiger partial charge >= 0.3 is 0 Å². The monoisotopic (exact) mass is 478 g/mol. The number of nitrogens with zero attached hydrogens (tertiary/aromatic N) is 3. The molecule has 3 aliphatic rings. The van der Waals surface area contributed by atoms with Crippen molar-refractivity contribution in [3.63, 3.8) is 0 Å². The molecule has 3 heterocycles. The lowest BCUT2D eigenvalue weighted by atomic mass is 9.84. The number of morpholine rings is 1. The summed E-state index contributed by atoms with van der Waals surface area (Å²) in [7, 11) is 1.57. The number of fused-ring (bicyclic) bond motifs is 1. The number of nitrogens with one attached hydrogen (secondary N) is 1. The zero-order valence-electron chi connectivity index (χ0n) is 20.3. The first-order valence-electron chi connectivity index (χ1n) is 12.7. The number of benzene rings is 1. The SMILES string of the molecule is COc1ccccc1C(=O)N1[C@H](C(=O)NCc2ccc(N3CCOCC3)nc2)C[C@H]2CCCC[C@@H]21. The average molecular weight is 479 g/mol. The van der Waals surface area contributed by atoms with Crippen molar-refractivity contribution >= 4 is 17.6 Å². The van der Waals surface area contributed by atoms with Gasteiger partial charge in [-0.25, -0.2) is 4.98 Å². The molecule has 0 bridgehead atoms. The number of pyridine rings is 1. The van der Waals surface area contributed by atoms with Crippen LogP contribution in [0.15, 0.2) is 42.6 Å². The number of rotatable bonds is 6. The molecule has 0 radical (unpaired) electrons. The van der Waals surface area contributed by atoms with Crippen LogP contribution in [0.2, 0.25) is 0 Å². The molecule has 2 aliphatic heterocycles. The molecule has 1 saturated carbocycles. The van der Waals surface area contributed by atoms with Crippen molar-refractivity contribution in [2.24, 2.45) is 5.92 Å². The van der Waals surface area contributed by atoms with Crippen LogP contribution < -0.4 is 15.0 Å². The standard InChI is InChI=1S/C27H34N4O4/c1-34-24-9-5-3-7-21(24)27(33)31-22-8-4-2-6-20(22)16-23(31)26(32)29-18-19-10-11-25(28-17-19)30-12-14-35-15-13-30/h3,5,7,9-11,17,20,22-23H,2,4,6,8,12-16,18H2,1H3,(H,29,32)/t20-,22+,23+/m1/s1. The Kier molecular flexibility index (Phi) is 7.18. The number of para-hydroxylation sites is 1. The highest BCUT2D eigenvalue weighted by Crippen LogP contribution is 2.41. The molecule has 3 atom stereocenters. The van der Waals surface area contributed by atoms with E-state index in [1.54, 1.807) is 19.2 Å². The largest absolute Gasteiger partial charge is 0.496 e. The molecule has 1 N–H and O–H groups in total. The van der Waals surface area contributed by atoms with Crippen LogP contribution in [0.4, 0.5) is 5.82 Å². The number of hydrogen-bond donors (Lipinski definition) is 1. The summed E-state index contributed by atoms with van der Waals surface area (Å²) in [5.41, 5.74) is 1.45. The Bertz CT molecular complexity index is 1040. The van der Waals surface area contributed by atoms with Gasteiger partial charge in [-0.3, -0.25) is 9.59 Å². The summed E-state index contributed by atoms with van der Waals surface area (Å²) in [4.78, 5) is 35.7. The summed E-state index contributed by atoms with van der Waals surface area (Å²) < 4.78 is 10.9. The van der Waals surface area contributed by atoms with Gasteiger partial charge < -0.3 is 24.6 Å². The highest BCUT2D eigenvalue weighted by Gasteiger charge is 2.47. The van der Waals surface area contributed by atoms with Gasteiger partial charge in [-0.2, -0.15) is 0 Å². The molecule has 5 rings (SSSR count). The summed E-state index contributed by atoms with van der Waals surface area (Å²) in [6.45, 7) is 3.49. The van der Waals surface area contributed by atoms with Gasteiger partial charge in [-0.15, -0.1) is 0 Å². The van der Waals surface area contributed by atoms with Crippen LogP contribution in [0.25, 0.3) is 0 Å². The molecule has 1 aromatic carbocycles. The van der Waals surface area contributed by atoms with E-state index in [0.29, 0.717) is 43.4 Å². The Morgan fingerprint density at radius 2 is 1.91 bits per heavy atom. The van der Waals surface area contributed by atoms with Crippen LogP contribution in [-0.2, 0) is 16.1 Å². The van der Waals surface area contributed by atoms with Gasteiger partial charge in [0.1, 0.15) is 17.6 Å². The lowest BCUT2D eigenvalue weighted by Gasteiger charge is -2.34. The molecule has 35 heavy (non-hydrogen) atoms. The molecular formula is C27H34N4O4. The van der Waals surface area contributed by atoms with Gasteiger partial charge in [-0.1, -0.05) is 31.0 Å². The third-order valence-electron chi connectivity index (χ3n) is 7.57. The van der Waals surface area contributed by atoms with Gasteiger partial charge in [0.05, 0.1) is 25.9 Å². The average Bonchev–Trinajstić information content (AvgIpc) is 3.32. The zero-order chi connectivity index (χ0) is 24.2. The summed E-state index contributed by atoms with van der Waals surface area (Å²) >= 11 is 0. The van der Waals surface area contributed by atoms with E-state index in [2.05, 4.69) is 15.2 Å². The molecular weight excluding hydrogens is 444 g/mol. The minimum Gasteiger partial charge on any atom is -0.496 e. The fourth-order valence-corrected chi connectivity index (χ4v) is 5.75. The maximum absolute atomic E-state index is 13.7. The molecule has 2 aromatic rings. The van der Waals surface area contributed by atoms with Gasteiger partial charge in [0.25, 0.3) is 5.91 Å². The molecule has 2 amide bonds. The van der Waals surface area contributed by atoms with E-state index in [1.165, 1.54) is 0 Å². The number of amides is 2. The van der Waals surface area contributed by atoms with Crippen LogP contribution in [0, 0.1) is 5.92 Å². The zero-order valence-corrected chi connectivity index (χ0v) is 20.3. The molecule has 2 saturated heterocycles. The smallest absolute Gasteiger partial charge is 0.258 e. The predicted octanol–water partition coefficient (Wildman–Crippen LogP) is 3.02. The second kappa shape index (κ2) is 10.6. The fourth-order valence-electron chi connectivity index (χ4n) is 5.75. The number of carbonyl (C=O) groups is 2. The molecule has 1 aliphatic carbocycles. The number of likely N-dealkylation sites (tertiary alicyclic amines) is 1. The number of aromatic nitrogens is 1. The summed E-state index contributed by atoms with van der Waals surface area (Å²) in [5, 5.41) is 3.08. The quantitative estimate of drug-likeness (QED) is 0.687. The molecule has 1 aromatic heterocycles. The first-order chi connectivity index (χ1) is 17.2. The van der Waals surface area contributed by atoms with Gasteiger partial charge in [0, 0.05) is 31.9 Å². The highest BCUT2D eigenvalue weighted by molar-refractivity contribution is 6.00. The van der Waals surface area contributed by atoms with Crippen LogP contribution in [0.3, 0.4) is 0 Å². The number of carbonyl (C=O) groups excluding carboxylic acids is 2. The van der Waals surface area contributed by atoms with E-state index in [0.717, 1.165) is 50.2 Å². The molecule has 0 spiro atoms. The van der Waals surface area contributed by atoms with E-state index in [1.807, 2.05) is 35.4 Å². The number of hydrogen-bond acceptors (Lipinski definition) is 6. The molecule has 186 valence electrons. The Morgan fingerprint density at radius 1 is 1.11 bits per heavy atom. The Balaban J connectivity index is 1.28. The topological polar surface area (TPSA) is 84.0 Å². The minimum absolute atomic E-state index is 0.0973. The van der Waals surface area contributed by atoms with Crippen LogP contribution >= 0.6 is 0 Å². The van der Waals surface area contributed by atoms with E-state index in [-0.39, 0.29) is 17.9 Å². The molecule has 8 heteroatoms. The van der Waals surface area contributed by atoms with Crippen molar-refractivity contribution in [3.8, 4) is 5.75 Å². The van der Waals surface area contributed by atoms with E-state index < -0.39 is 6.04 Å². The first kappa shape index (κ1) is 23.6. The Labute approximate surface area is 206 Å². The molecule has 3 fully saturated rings. The third-order valence-corrected chi connectivity index (χ3v) is 7.57. The van der Waals surface area contributed by atoms with Crippen LogP contribution in [0.1, 0.15) is 48.0 Å². The highest BCUT2D eigenvalue weighted by atomic mass is 16.5. The van der Waals surface area contributed by atoms with Crippen molar-refractivity contribution in [2.45, 2.75) is 50.7 Å². The summed E-state index contributed by atoms with van der Waals surface area (Å²) in [5.74, 6) is 1.63. The minimum atomic E-state index is -0.471. The second-order valence-electron chi connectivity index (χ2n) is 9.62. The Morgan fingerprint density at radius 3 is 2.69 bits per heavy atom. The van der Waals surface area contributed by atoms with Gasteiger partial charge in [0.15, 0.2) is 0 Å². The van der Waals surface area contributed by atoms with Crippen molar-refractivity contribution < 1.29 is 19.1 Å². The Hall–Kier alpha value is -3.13. The normalized spacial score (nSPS) is 24.1. The van der Waals surface area contributed by atoms with E-state index in [4.69, 9.17) is 9.47 Å². The molecule has 0 unspecified atom stereocenters. The number of methoxy groups -OCH3 is 1. The maximum Gasteiger partial charge on any atom is 0.258 e. The lowest BCUT2D eigenvalue weighted by molar-refractivity contribution is -0.125. The van der Waals surface area contributed by atoms with Crippen LogP contribution in [0.5, 0.6) is 5.75 Å². The van der Waals surface area contributed by atoms with E-state index >= 15 is 0 Å². The van der Waals surface area contributed by atoms with Gasteiger partial charge in [0.2, 0.25) is 5.91 Å². The summed E-state index contributed by atoms with van der Waals surface area (Å²) in [6.07, 6.45) is 6.79. The second-order valence-corrected chi connectivity index (χ2v) is 9.62. The van der Waals surface area contributed by atoms with Crippen LogP contribution in [-0.4, -0.2) is 67.2 Å². The third kappa shape index (κ3) is 4.98. The van der Waals surface area contributed by atoms with Crippen molar-refractivity contribution in [2.75, 3.05) is 38.3 Å². The van der Waals surface area contributed by atoms with Gasteiger partial charge in [-0.05, 0) is 48.9 Å².